The lowest BCUT2D eigenvalue weighted by Crippen LogP contribution is -2.21. The van der Waals surface area contributed by atoms with Gasteiger partial charge in [-0.3, -0.25) is 4.79 Å². The molecule has 0 radical (unpaired) electrons. The van der Waals surface area contributed by atoms with E-state index in [-0.39, 0.29) is 18.2 Å². The summed E-state index contributed by atoms with van der Waals surface area (Å²) in [5.74, 6) is 0.0483. The maximum atomic E-state index is 11.8. The lowest BCUT2D eigenvalue weighted by atomic mass is 10.3. The Kier molecular flexibility index (Phi) is 4.74. The van der Waals surface area contributed by atoms with Crippen molar-refractivity contribution in [3.63, 3.8) is 0 Å². The lowest BCUT2D eigenvalue weighted by Gasteiger charge is -2.05. The Balaban J connectivity index is 1.94. The molecule has 0 atom stereocenters. The van der Waals surface area contributed by atoms with E-state index in [4.69, 9.17) is 17.3 Å². The van der Waals surface area contributed by atoms with Gasteiger partial charge in [0.15, 0.2) is 0 Å². The fourth-order valence-corrected chi connectivity index (χ4v) is 1.74. The molecule has 0 aromatic heterocycles. The first-order valence-electron chi connectivity index (χ1n) is 6.07. The number of amidine groups is 1. The van der Waals surface area contributed by atoms with Gasteiger partial charge in [-0.2, -0.15) is 0 Å². The number of nitrogens with one attached hydrogen (secondary N) is 1. The van der Waals surface area contributed by atoms with Gasteiger partial charge in [0.1, 0.15) is 5.84 Å². The average Bonchev–Trinajstić information content (AvgIpc) is 2.42. The van der Waals surface area contributed by atoms with E-state index in [1.54, 1.807) is 24.3 Å². The van der Waals surface area contributed by atoms with Gasteiger partial charge < -0.3 is 11.1 Å². The molecule has 0 fully saturated rings. The monoisotopic (exact) mass is 287 g/mol. The molecule has 0 unspecified atom stereocenters. The van der Waals surface area contributed by atoms with E-state index < -0.39 is 0 Å². The Morgan fingerprint density at radius 2 is 1.75 bits per heavy atom. The number of rotatable bonds is 4. The summed E-state index contributed by atoms with van der Waals surface area (Å²) >= 11 is 5.77. The Morgan fingerprint density at radius 3 is 2.40 bits per heavy atom. The van der Waals surface area contributed by atoms with E-state index in [0.717, 1.165) is 5.69 Å². The van der Waals surface area contributed by atoms with Crippen LogP contribution in [0.4, 0.5) is 11.4 Å². The molecule has 0 aliphatic rings. The first kappa shape index (κ1) is 14.1. The highest BCUT2D eigenvalue weighted by Gasteiger charge is 2.05. The van der Waals surface area contributed by atoms with Crippen molar-refractivity contribution in [1.29, 1.82) is 0 Å². The van der Waals surface area contributed by atoms with Crippen LogP contribution in [-0.2, 0) is 4.79 Å². The summed E-state index contributed by atoms with van der Waals surface area (Å²) in [5, 5.41) is 3.35. The summed E-state index contributed by atoms with van der Waals surface area (Å²) in [7, 11) is 0. The number of nitrogens with zero attached hydrogens (tertiary/aromatic N) is 1. The molecule has 0 bridgehead atoms. The van der Waals surface area contributed by atoms with Crippen LogP contribution in [0, 0.1) is 0 Å². The van der Waals surface area contributed by atoms with Crippen LogP contribution in [-0.4, -0.2) is 11.7 Å². The van der Waals surface area contributed by atoms with Crippen LogP contribution in [0.3, 0.4) is 0 Å². The molecule has 4 nitrogen and oxygen atoms in total. The molecule has 3 N–H and O–H groups in total. The number of aliphatic imine (C=N–C) groups is 1. The summed E-state index contributed by atoms with van der Waals surface area (Å²) in [6, 6.07) is 16.1. The SMILES string of the molecule is NC(CC(=O)Nc1ccc(Cl)cc1)=Nc1ccccc1. The van der Waals surface area contributed by atoms with Crippen molar-refractivity contribution in [2.45, 2.75) is 6.42 Å². The summed E-state index contributed by atoms with van der Waals surface area (Å²) in [6.07, 6.45) is 0.0392. The van der Waals surface area contributed by atoms with Crippen LogP contribution >= 0.6 is 11.6 Å². The molecule has 20 heavy (non-hydrogen) atoms. The fourth-order valence-electron chi connectivity index (χ4n) is 1.61. The van der Waals surface area contributed by atoms with Crippen molar-refractivity contribution in [3.05, 3.63) is 59.6 Å². The second-order valence-electron chi connectivity index (χ2n) is 4.17. The molecule has 0 saturated heterocycles. The van der Waals surface area contributed by atoms with Crippen LogP contribution in [0.25, 0.3) is 0 Å². The quantitative estimate of drug-likeness (QED) is 0.669. The van der Waals surface area contributed by atoms with Crippen molar-refractivity contribution >= 4 is 34.7 Å². The van der Waals surface area contributed by atoms with Crippen molar-refractivity contribution in [2.75, 3.05) is 5.32 Å². The Morgan fingerprint density at radius 1 is 1.10 bits per heavy atom. The van der Waals surface area contributed by atoms with Gasteiger partial charge in [-0.15, -0.1) is 0 Å². The molecule has 2 rings (SSSR count). The number of hydrogen-bond acceptors (Lipinski definition) is 2. The van der Waals surface area contributed by atoms with Gasteiger partial charge >= 0.3 is 0 Å². The van der Waals surface area contributed by atoms with Gasteiger partial charge in [-0.05, 0) is 36.4 Å². The number of para-hydroxylation sites is 1. The first-order valence-corrected chi connectivity index (χ1v) is 6.45. The highest BCUT2D eigenvalue weighted by atomic mass is 35.5. The zero-order valence-corrected chi connectivity index (χ0v) is 11.5. The van der Waals surface area contributed by atoms with E-state index in [1.807, 2.05) is 30.3 Å². The average molecular weight is 288 g/mol. The Hall–Kier alpha value is -2.33. The summed E-state index contributed by atoms with van der Waals surface area (Å²) in [5.41, 5.74) is 7.15. The van der Waals surface area contributed by atoms with E-state index in [9.17, 15) is 4.79 Å². The molecule has 2 aromatic carbocycles. The third kappa shape index (κ3) is 4.40. The standard InChI is InChI=1S/C15H14ClN3O/c16-11-6-8-13(9-7-11)19-15(20)10-14(17)18-12-4-2-1-3-5-12/h1-9H,10H2,(H2,17,18)(H,19,20). The molecule has 0 aliphatic heterocycles. The zero-order valence-electron chi connectivity index (χ0n) is 10.7. The highest BCUT2D eigenvalue weighted by Crippen LogP contribution is 2.14. The number of benzene rings is 2. The molecule has 2 aromatic rings. The Labute approximate surface area is 122 Å². The Bertz CT molecular complexity index is 609. The summed E-state index contributed by atoms with van der Waals surface area (Å²) < 4.78 is 0. The molecule has 102 valence electrons. The number of amides is 1. The van der Waals surface area contributed by atoms with Crippen LogP contribution in [0.5, 0.6) is 0 Å². The van der Waals surface area contributed by atoms with Gasteiger partial charge in [0.25, 0.3) is 0 Å². The predicted octanol–water partition coefficient (Wildman–Crippen LogP) is 3.36. The largest absolute Gasteiger partial charge is 0.387 e. The molecule has 0 aliphatic carbocycles. The smallest absolute Gasteiger partial charge is 0.231 e. The lowest BCUT2D eigenvalue weighted by molar-refractivity contribution is -0.115. The van der Waals surface area contributed by atoms with Gasteiger partial charge in [0.05, 0.1) is 12.1 Å². The number of carbonyl (C=O) groups excluding carboxylic acids is 1. The van der Waals surface area contributed by atoms with E-state index >= 15 is 0 Å². The van der Waals surface area contributed by atoms with E-state index in [1.165, 1.54) is 0 Å². The maximum Gasteiger partial charge on any atom is 0.231 e. The number of anilines is 1. The molecule has 0 spiro atoms. The normalized spacial score (nSPS) is 11.2. The first-order chi connectivity index (χ1) is 9.63. The van der Waals surface area contributed by atoms with E-state index in [2.05, 4.69) is 10.3 Å². The molecule has 5 heteroatoms. The predicted molar refractivity (Wildman–Crippen MR) is 82.4 cm³/mol. The number of nitrogens with two attached hydrogens (primary N) is 1. The van der Waals surface area contributed by atoms with Crippen molar-refractivity contribution in [2.24, 2.45) is 10.7 Å². The molecule has 0 saturated carbocycles. The number of halogens is 1. The van der Waals surface area contributed by atoms with Gasteiger partial charge in [-0.25, -0.2) is 4.99 Å². The zero-order chi connectivity index (χ0) is 14.4. The summed E-state index contributed by atoms with van der Waals surface area (Å²) in [4.78, 5) is 16.0. The molecular formula is C15H14ClN3O. The minimum Gasteiger partial charge on any atom is -0.387 e. The molecular weight excluding hydrogens is 274 g/mol. The second-order valence-corrected chi connectivity index (χ2v) is 4.61. The van der Waals surface area contributed by atoms with E-state index in [0.29, 0.717) is 10.7 Å². The van der Waals surface area contributed by atoms with Gasteiger partial charge in [-0.1, -0.05) is 29.8 Å². The molecule has 0 heterocycles. The maximum absolute atomic E-state index is 11.8. The summed E-state index contributed by atoms with van der Waals surface area (Å²) in [6.45, 7) is 0. The topological polar surface area (TPSA) is 67.5 Å². The van der Waals surface area contributed by atoms with Crippen molar-refractivity contribution in [1.82, 2.24) is 0 Å². The minimum absolute atomic E-state index is 0.0392. The fraction of sp³-hybridized carbons (Fsp3) is 0.0667. The van der Waals surface area contributed by atoms with Crippen molar-refractivity contribution in [3.8, 4) is 0 Å². The number of carbonyl (C=O) groups is 1. The van der Waals surface area contributed by atoms with Crippen LogP contribution in [0.15, 0.2) is 59.6 Å². The third-order valence-electron chi connectivity index (χ3n) is 2.50. The van der Waals surface area contributed by atoms with Gasteiger partial charge in [0, 0.05) is 10.7 Å². The third-order valence-corrected chi connectivity index (χ3v) is 2.75. The number of hydrogen-bond donors (Lipinski definition) is 2. The van der Waals surface area contributed by atoms with Crippen LogP contribution in [0.2, 0.25) is 5.02 Å². The van der Waals surface area contributed by atoms with Crippen LogP contribution in [0.1, 0.15) is 6.42 Å². The minimum atomic E-state index is -0.218. The molecule has 1 amide bonds. The van der Waals surface area contributed by atoms with Crippen LogP contribution < -0.4 is 11.1 Å². The second kappa shape index (κ2) is 6.73. The van der Waals surface area contributed by atoms with Crippen molar-refractivity contribution < 1.29 is 4.79 Å². The van der Waals surface area contributed by atoms with Gasteiger partial charge in [0.2, 0.25) is 5.91 Å². The highest BCUT2D eigenvalue weighted by molar-refractivity contribution is 6.30.